The Morgan fingerprint density at radius 1 is 1.58 bits per heavy atom. The standard InChI is InChI=1S/C9H15NOS/c1-3-4-5-6-7-10-9(11)8-12-2/h1H,4-8H2,2H3,(H,10,11). The van der Waals surface area contributed by atoms with Gasteiger partial charge >= 0.3 is 0 Å². The van der Waals surface area contributed by atoms with Crippen molar-refractivity contribution in [2.45, 2.75) is 19.3 Å². The topological polar surface area (TPSA) is 29.1 Å². The van der Waals surface area contributed by atoms with Crippen molar-refractivity contribution >= 4 is 17.7 Å². The molecule has 0 aliphatic rings. The van der Waals surface area contributed by atoms with Crippen molar-refractivity contribution in [2.24, 2.45) is 0 Å². The lowest BCUT2D eigenvalue weighted by Gasteiger charge is -2.01. The summed E-state index contributed by atoms with van der Waals surface area (Å²) in [6.45, 7) is 0.751. The van der Waals surface area contributed by atoms with E-state index < -0.39 is 0 Å². The molecule has 0 aliphatic carbocycles. The molecule has 0 unspecified atom stereocenters. The molecule has 3 heteroatoms. The number of carbonyl (C=O) groups excluding carboxylic acids is 1. The second kappa shape index (κ2) is 8.48. The van der Waals surface area contributed by atoms with Crippen molar-refractivity contribution in [3.05, 3.63) is 0 Å². The summed E-state index contributed by atoms with van der Waals surface area (Å²) in [5, 5.41) is 2.81. The minimum atomic E-state index is 0.114. The lowest BCUT2D eigenvalue weighted by atomic mass is 10.2. The fourth-order valence-electron chi connectivity index (χ4n) is 0.762. The summed E-state index contributed by atoms with van der Waals surface area (Å²) in [5.41, 5.74) is 0. The zero-order valence-electron chi connectivity index (χ0n) is 7.43. The molecular formula is C9H15NOS. The van der Waals surface area contributed by atoms with E-state index >= 15 is 0 Å². The third-order valence-electron chi connectivity index (χ3n) is 1.35. The van der Waals surface area contributed by atoms with Gasteiger partial charge in [-0.1, -0.05) is 0 Å². The average molecular weight is 185 g/mol. The average Bonchev–Trinajstić information content (AvgIpc) is 2.05. The van der Waals surface area contributed by atoms with Crippen LogP contribution >= 0.6 is 11.8 Å². The van der Waals surface area contributed by atoms with Crippen LogP contribution in [0.25, 0.3) is 0 Å². The predicted octanol–water partition coefficient (Wildman–Crippen LogP) is 1.27. The smallest absolute Gasteiger partial charge is 0.229 e. The van der Waals surface area contributed by atoms with Gasteiger partial charge in [-0.25, -0.2) is 0 Å². The van der Waals surface area contributed by atoms with Gasteiger partial charge in [0.05, 0.1) is 5.75 Å². The van der Waals surface area contributed by atoms with E-state index in [2.05, 4.69) is 11.2 Å². The molecular weight excluding hydrogens is 170 g/mol. The number of thioether (sulfide) groups is 1. The lowest BCUT2D eigenvalue weighted by molar-refractivity contribution is -0.118. The highest BCUT2D eigenvalue weighted by Gasteiger charge is 1.96. The molecule has 0 aromatic carbocycles. The molecule has 0 spiro atoms. The number of nitrogens with one attached hydrogen (secondary N) is 1. The fraction of sp³-hybridized carbons (Fsp3) is 0.667. The summed E-state index contributed by atoms with van der Waals surface area (Å²) in [4.78, 5) is 10.9. The first-order valence-electron chi connectivity index (χ1n) is 4.00. The van der Waals surface area contributed by atoms with Gasteiger partial charge in [-0.15, -0.1) is 12.3 Å². The van der Waals surface area contributed by atoms with Gasteiger partial charge in [0.25, 0.3) is 0 Å². The van der Waals surface area contributed by atoms with Gasteiger partial charge in [-0.05, 0) is 19.1 Å². The highest BCUT2D eigenvalue weighted by atomic mass is 32.2. The van der Waals surface area contributed by atoms with E-state index in [1.807, 2.05) is 6.26 Å². The highest BCUT2D eigenvalue weighted by molar-refractivity contribution is 7.99. The van der Waals surface area contributed by atoms with Crippen LogP contribution in [0.2, 0.25) is 0 Å². The number of amides is 1. The summed E-state index contributed by atoms with van der Waals surface area (Å²) < 4.78 is 0. The Kier molecular flexibility index (Phi) is 8.04. The predicted molar refractivity (Wildman–Crippen MR) is 54.1 cm³/mol. The van der Waals surface area contributed by atoms with Gasteiger partial charge in [0.1, 0.15) is 0 Å². The van der Waals surface area contributed by atoms with E-state index in [0.717, 1.165) is 25.8 Å². The van der Waals surface area contributed by atoms with Crippen LogP contribution in [0.4, 0.5) is 0 Å². The maximum Gasteiger partial charge on any atom is 0.229 e. The van der Waals surface area contributed by atoms with Crippen LogP contribution in [0, 0.1) is 12.3 Å². The molecule has 0 bridgehead atoms. The van der Waals surface area contributed by atoms with Crippen molar-refractivity contribution in [2.75, 3.05) is 18.6 Å². The Bertz CT molecular complexity index is 162. The molecule has 0 atom stereocenters. The molecule has 2 nitrogen and oxygen atoms in total. The number of hydrogen-bond acceptors (Lipinski definition) is 2. The van der Waals surface area contributed by atoms with Crippen molar-refractivity contribution in [1.29, 1.82) is 0 Å². The molecule has 0 saturated carbocycles. The number of terminal acetylenes is 1. The van der Waals surface area contributed by atoms with Crippen LogP contribution in [-0.4, -0.2) is 24.5 Å². The first-order valence-corrected chi connectivity index (χ1v) is 5.39. The SMILES string of the molecule is C#CCCCCNC(=O)CSC. The van der Waals surface area contributed by atoms with Gasteiger partial charge < -0.3 is 5.32 Å². The van der Waals surface area contributed by atoms with Crippen molar-refractivity contribution in [1.82, 2.24) is 5.32 Å². The van der Waals surface area contributed by atoms with Crippen molar-refractivity contribution < 1.29 is 4.79 Å². The van der Waals surface area contributed by atoms with Gasteiger partial charge in [-0.2, -0.15) is 11.8 Å². The first-order chi connectivity index (χ1) is 5.81. The van der Waals surface area contributed by atoms with E-state index in [9.17, 15) is 4.79 Å². The molecule has 0 aromatic rings. The minimum absolute atomic E-state index is 0.114. The molecule has 0 rings (SSSR count). The molecule has 1 amide bonds. The zero-order chi connectivity index (χ0) is 9.23. The largest absolute Gasteiger partial charge is 0.355 e. The first kappa shape index (κ1) is 11.4. The Labute approximate surface area is 78.5 Å². The minimum Gasteiger partial charge on any atom is -0.355 e. The van der Waals surface area contributed by atoms with Gasteiger partial charge in [-0.3, -0.25) is 4.79 Å². The van der Waals surface area contributed by atoms with Crippen LogP contribution in [-0.2, 0) is 4.79 Å². The summed E-state index contributed by atoms with van der Waals surface area (Å²) >= 11 is 1.53. The second-order valence-corrected chi connectivity index (χ2v) is 3.31. The maximum atomic E-state index is 10.9. The maximum absolute atomic E-state index is 10.9. The summed E-state index contributed by atoms with van der Waals surface area (Å²) in [6.07, 6.45) is 9.77. The number of rotatable bonds is 6. The normalized spacial score (nSPS) is 9.00. The summed E-state index contributed by atoms with van der Waals surface area (Å²) in [6, 6.07) is 0. The van der Waals surface area contributed by atoms with Crippen LogP contribution in [0.15, 0.2) is 0 Å². The Morgan fingerprint density at radius 2 is 2.33 bits per heavy atom. The van der Waals surface area contributed by atoms with Gasteiger partial charge in [0.15, 0.2) is 0 Å². The number of unbranched alkanes of at least 4 members (excludes halogenated alkanes) is 2. The number of hydrogen-bond donors (Lipinski definition) is 1. The molecule has 0 aliphatic heterocycles. The number of carbonyl (C=O) groups is 1. The van der Waals surface area contributed by atoms with E-state index in [1.54, 1.807) is 0 Å². The monoisotopic (exact) mass is 185 g/mol. The van der Waals surface area contributed by atoms with Crippen molar-refractivity contribution in [3.63, 3.8) is 0 Å². The van der Waals surface area contributed by atoms with Crippen LogP contribution in [0.1, 0.15) is 19.3 Å². The Morgan fingerprint density at radius 3 is 2.92 bits per heavy atom. The third-order valence-corrected chi connectivity index (χ3v) is 1.90. The molecule has 0 fully saturated rings. The fourth-order valence-corrected chi connectivity index (χ4v) is 1.13. The van der Waals surface area contributed by atoms with E-state index in [-0.39, 0.29) is 5.91 Å². The molecule has 1 N–H and O–H groups in total. The molecule has 68 valence electrons. The third kappa shape index (κ3) is 7.49. The van der Waals surface area contributed by atoms with E-state index in [0.29, 0.717) is 5.75 Å². The molecule has 0 radical (unpaired) electrons. The van der Waals surface area contributed by atoms with E-state index in [4.69, 9.17) is 6.42 Å². The second-order valence-electron chi connectivity index (χ2n) is 2.44. The zero-order valence-corrected chi connectivity index (χ0v) is 8.25. The Hall–Kier alpha value is -0.620. The molecule has 12 heavy (non-hydrogen) atoms. The van der Waals surface area contributed by atoms with Gasteiger partial charge in [0.2, 0.25) is 5.91 Å². The quantitative estimate of drug-likeness (QED) is 0.499. The molecule has 0 heterocycles. The summed E-state index contributed by atoms with van der Waals surface area (Å²) in [7, 11) is 0. The molecule has 0 aromatic heterocycles. The van der Waals surface area contributed by atoms with Crippen LogP contribution in [0.3, 0.4) is 0 Å². The highest BCUT2D eigenvalue weighted by Crippen LogP contribution is 1.93. The van der Waals surface area contributed by atoms with Crippen LogP contribution in [0.5, 0.6) is 0 Å². The van der Waals surface area contributed by atoms with Gasteiger partial charge in [0, 0.05) is 13.0 Å². The summed E-state index contributed by atoms with van der Waals surface area (Å²) in [5.74, 6) is 3.23. The molecule has 0 saturated heterocycles. The Balaban J connectivity index is 3.09. The van der Waals surface area contributed by atoms with E-state index in [1.165, 1.54) is 11.8 Å². The van der Waals surface area contributed by atoms with Crippen LogP contribution < -0.4 is 5.32 Å². The lowest BCUT2D eigenvalue weighted by Crippen LogP contribution is -2.25. The van der Waals surface area contributed by atoms with Crippen molar-refractivity contribution in [3.8, 4) is 12.3 Å².